The second kappa shape index (κ2) is 8.21. The molecule has 0 radical (unpaired) electrons. The highest BCUT2D eigenvalue weighted by Gasteiger charge is 2.37. The number of nitrogens with zero attached hydrogens (tertiary/aromatic N) is 4. The molecule has 2 saturated heterocycles. The monoisotopic (exact) mass is 376 g/mol. The molecule has 0 N–H and O–H groups in total. The third kappa shape index (κ3) is 4.21. The largest absolute Gasteiger partial charge is 0.447 e. The van der Waals surface area contributed by atoms with Crippen LogP contribution in [0, 0.1) is 12.8 Å². The molecule has 2 amide bonds. The summed E-state index contributed by atoms with van der Waals surface area (Å²) in [6, 6.07) is 1.89. The quantitative estimate of drug-likeness (QED) is 0.783. The van der Waals surface area contributed by atoms with Crippen molar-refractivity contribution in [3.63, 3.8) is 0 Å². The van der Waals surface area contributed by atoms with Crippen LogP contribution in [-0.2, 0) is 14.3 Å². The highest BCUT2D eigenvalue weighted by Crippen LogP contribution is 2.31. The number of anilines is 1. The fourth-order valence-corrected chi connectivity index (χ4v) is 3.74. The second-order valence-electron chi connectivity index (χ2n) is 7.54. The number of rotatable bonds is 5. The summed E-state index contributed by atoms with van der Waals surface area (Å²) in [7, 11) is 1.53. The predicted octanol–water partition coefficient (Wildman–Crippen LogP) is 2.12. The van der Waals surface area contributed by atoms with E-state index in [9.17, 15) is 9.59 Å². The Morgan fingerprint density at radius 2 is 2.04 bits per heavy atom. The molecular formula is C19H28N4O4. The molecule has 2 aliphatic heterocycles. The maximum absolute atomic E-state index is 12.3. The molecule has 0 aromatic carbocycles. The molecule has 148 valence electrons. The lowest BCUT2D eigenvalue weighted by molar-refractivity contribution is -0.136. The maximum atomic E-state index is 12.3. The molecule has 8 nitrogen and oxygen atoms in total. The van der Waals surface area contributed by atoms with Gasteiger partial charge in [-0.15, -0.1) is 0 Å². The molecule has 1 aromatic rings. The van der Waals surface area contributed by atoms with E-state index < -0.39 is 0 Å². The van der Waals surface area contributed by atoms with Crippen LogP contribution in [-0.4, -0.2) is 66.3 Å². The van der Waals surface area contributed by atoms with Crippen LogP contribution < -0.4 is 4.90 Å². The molecule has 0 spiro atoms. The fraction of sp³-hybridized carbons (Fsp3) is 0.684. The van der Waals surface area contributed by atoms with Gasteiger partial charge in [-0.05, 0) is 25.7 Å². The zero-order valence-electron chi connectivity index (χ0n) is 16.5. The van der Waals surface area contributed by atoms with E-state index >= 15 is 0 Å². The van der Waals surface area contributed by atoms with Crippen molar-refractivity contribution in [2.45, 2.75) is 45.6 Å². The number of ether oxygens (including phenoxy) is 2. The van der Waals surface area contributed by atoms with Gasteiger partial charge in [0.25, 0.3) is 0 Å². The van der Waals surface area contributed by atoms with Crippen LogP contribution in [0.2, 0.25) is 0 Å². The van der Waals surface area contributed by atoms with E-state index in [4.69, 9.17) is 9.47 Å². The molecule has 1 unspecified atom stereocenters. The summed E-state index contributed by atoms with van der Waals surface area (Å²) < 4.78 is 10.2. The van der Waals surface area contributed by atoms with Gasteiger partial charge in [-0.2, -0.15) is 0 Å². The van der Waals surface area contributed by atoms with Crippen LogP contribution in [0.15, 0.2) is 6.07 Å². The molecule has 0 saturated carbocycles. The molecule has 8 heteroatoms. The number of cyclic esters (lactones) is 1. The first-order valence-electron chi connectivity index (χ1n) is 9.49. The lowest BCUT2D eigenvalue weighted by atomic mass is 9.93. The van der Waals surface area contributed by atoms with Gasteiger partial charge < -0.3 is 14.4 Å². The van der Waals surface area contributed by atoms with Crippen molar-refractivity contribution in [1.82, 2.24) is 14.9 Å². The Bertz CT molecular complexity index is 701. The number of aromatic nitrogens is 2. The summed E-state index contributed by atoms with van der Waals surface area (Å²) in [4.78, 5) is 36.8. The van der Waals surface area contributed by atoms with E-state index in [1.54, 1.807) is 4.90 Å². The van der Waals surface area contributed by atoms with E-state index in [2.05, 4.69) is 23.8 Å². The van der Waals surface area contributed by atoms with Gasteiger partial charge in [-0.3, -0.25) is 9.69 Å². The number of hydrogen-bond donors (Lipinski definition) is 0. The SMILES string of the molecule is COCC(=O)N1CCC(c2cc(N3C(=O)OCC3C(C)C)nc(C)n2)CC1. The summed E-state index contributed by atoms with van der Waals surface area (Å²) in [6.45, 7) is 7.86. The third-order valence-electron chi connectivity index (χ3n) is 5.30. The number of methoxy groups -OCH3 is 1. The smallest absolute Gasteiger partial charge is 0.415 e. The van der Waals surface area contributed by atoms with Gasteiger partial charge in [0, 0.05) is 37.9 Å². The molecule has 0 bridgehead atoms. The van der Waals surface area contributed by atoms with Crippen molar-refractivity contribution in [3.05, 3.63) is 17.6 Å². The minimum absolute atomic E-state index is 0.0202. The Labute approximate surface area is 159 Å². The number of hydrogen-bond acceptors (Lipinski definition) is 6. The van der Waals surface area contributed by atoms with Crippen molar-refractivity contribution in [2.24, 2.45) is 5.92 Å². The highest BCUT2D eigenvalue weighted by atomic mass is 16.6. The second-order valence-corrected chi connectivity index (χ2v) is 7.54. The first-order valence-corrected chi connectivity index (χ1v) is 9.49. The van der Waals surface area contributed by atoms with Gasteiger partial charge in [-0.25, -0.2) is 14.8 Å². The van der Waals surface area contributed by atoms with Crippen molar-refractivity contribution in [1.29, 1.82) is 0 Å². The standard InChI is InChI=1S/C19H28N4O4/c1-12(2)16-10-27-19(25)23(16)17-9-15(20-13(3)21-17)14-5-7-22(8-6-14)18(24)11-26-4/h9,12,14,16H,5-8,10-11H2,1-4H3. The molecule has 2 fully saturated rings. The van der Waals surface area contributed by atoms with Crippen molar-refractivity contribution < 1.29 is 19.1 Å². The third-order valence-corrected chi connectivity index (χ3v) is 5.30. The summed E-state index contributed by atoms with van der Waals surface area (Å²) in [5.74, 6) is 1.78. The molecule has 3 rings (SSSR count). The Morgan fingerprint density at radius 1 is 1.33 bits per heavy atom. The van der Waals surface area contributed by atoms with Crippen LogP contribution in [0.5, 0.6) is 0 Å². The van der Waals surface area contributed by atoms with Gasteiger partial charge >= 0.3 is 6.09 Å². The average molecular weight is 376 g/mol. The van der Waals surface area contributed by atoms with Gasteiger partial charge in [0.15, 0.2) is 0 Å². The van der Waals surface area contributed by atoms with Gasteiger partial charge in [0.05, 0.1) is 6.04 Å². The first-order chi connectivity index (χ1) is 12.9. The predicted molar refractivity (Wildman–Crippen MR) is 99.7 cm³/mol. The van der Waals surface area contributed by atoms with Crippen LogP contribution in [0.3, 0.4) is 0 Å². The van der Waals surface area contributed by atoms with Crippen molar-refractivity contribution >= 4 is 17.8 Å². The number of aryl methyl sites for hydroxylation is 1. The maximum Gasteiger partial charge on any atom is 0.415 e. The number of carbonyl (C=O) groups excluding carboxylic acids is 2. The van der Waals surface area contributed by atoms with Crippen LogP contribution in [0.4, 0.5) is 10.6 Å². The topological polar surface area (TPSA) is 84.9 Å². The minimum atomic E-state index is -0.349. The normalized spacial score (nSPS) is 21.1. The van der Waals surface area contributed by atoms with Crippen molar-refractivity contribution in [2.75, 3.05) is 38.3 Å². The first kappa shape index (κ1) is 19.5. The number of piperidine rings is 1. The van der Waals surface area contributed by atoms with Gasteiger partial charge in [0.2, 0.25) is 5.91 Å². The Kier molecular flexibility index (Phi) is 5.94. The minimum Gasteiger partial charge on any atom is -0.447 e. The summed E-state index contributed by atoms with van der Waals surface area (Å²) in [6.07, 6.45) is 1.32. The number of carbonyl (C=O) groups is 2. The van der Waals surface area contributed by atoms with E-state index in [1.165, 1.54) is 7.11 Å². The highest BCUT2D eigenvalue weighted by molar-refractivity contribution is 5.89. The molecule has 2 aliphatic rings. The molecule has 3 heterocycles. The van der Waals surface area contributed by atoms with Crippen molar-refractivity contribution in [3.8, 4) is 0 Å². The summed E-state index contributed by atoms with van der Waals surface area (Å²) in [5, 5.41) is 0. The zero-order chi connectivity index (χ0) is 19.6. The van der Waals surface area contributed by atoms with Crippen LogP contribution in [0.25, 0.3) is 0 Å². The van der Waals surface area contributed by atoms with E-state index in [0.717, 1.165) is 18.5 Å². The number of amides is 2. The van der Waals surface area contributed by atoms with Crippen LogP contribution in [0.1, 0.15) is 44.1 Å². The summed E-state index contributed by atoms with van der Waals surface area (Å²) in [5.41, 5.74) is 0.929. The molecule has 27 heavy (non-hydrogen) atoms. The molecule has 1 aromatic heterocycles. The Morgan fingerprint density at radius 3 is 2.67 bits per heavy atom. The van der Waals surface area contributed by atoms with Crippen LogP contribution >= 0.6 is 0 Å². The molecule has 1 atom stereocenters. The molecular weight excluding hydrogens is 348 g/mol. The van der Waals surface area contributed by atoms with E-state index in [1.807, 2.05) is 17.9 Å². The summed E-state index contributed by atoms with van der Waals surface area (Å²) >= 11 is 0. The number of likely N-dealkylation sites (tertiary alicyclic amines) is 1. The lowest BCUT2D eigenvalue weighted by Crippen LogP contribution is -2.40. The van der Waals surface area contributed by atoms with Gasteiger partial charge in [-0.1, -0.05) is 13.8 Å². The van der Waals surface area contributed by atoms with Gasteiger partial charge in [0.1, 0.15) is 24.9 Å². The molecule has 0 aliphatic carbocycles. The Hall–Kier alpha value is -2.22. The Balaban J connectivity index is 1.77. The van der Waals surface area contributed by atoms with E-state index in [-0.39, 0.29) is 36.5 Å². The fourth-order valence-electron chi connectivity index (χ4n) is 3.74. The average Bonchev–Trinajstić information content (AvgIpc) is 3.03. The lowest BCUT2D eigenvalue weighted by Gasteiger charge is -2.32. The zero-order valence-corrected chi connectivity index (χ0v) is 16.5. The van der Waals surface area contributed by atoms with E-state index in [0.29, 0.717) is 31.3 Å².